The molecular weight excluding hydrogens is 286 g/mol. The van der Waals surface area contributed by atoms with Gasteiger partial charge in [-0.15, -0.1) is 0 Å². The van der Waals surface area contributed by atoms with Crippen LogP contribution in [0.3, 0.4) is 0 Å². The number of hydrogen-bond acceptors (Lipinski definition) is 2. The van der Waals surface area contributed by atoms with Crippen LogP contribution in [0.15, 0.2) is 24.7 Å². The van der Waals surface area contributed by atoms with E-state index in [4.69, 9.17) is 0 Å². The standard InChI is InChI=1S/C7H5Br2N3/c8-7(9)12-6-1-2-10-3-5(6)4-11-12/h1-4,7H. The second-order valence-corrected chi connectivity index (χ2v) is 5.26. The number of pyridine rings is 1. The van der Waals surface area contributed by atoms with Crippen molar-refractivity contribution in [3.05, 3.63) is 24.7 Å². The molecule has 0 bridgehead atoms. The van der Waals surface area contributed by atoms with Gasteiger partial charge in [-0.05, 0) is 6.07 Å². The van der Waals surface area contributed by atoms with Crippen LogP contribution in [0, 0.1) is 0 Å². The van der Waals surface area contributed by atoms with Gasteiger partial charge < -0.3 is 0 Å². The second-order valence-electron chi connectivity index (χ2n) is 2.30. The van der Waals surface area contributed by atoms with E-state index in [0.29, 0.717) is 0 Å². The summed E-state index contributed by atoms with van der Waals surface area (Å²) < 4.78 is 1.86. The van der Waals surface area contributed by atoms with Gasteiger partial charge >= 0.3 is 0 Å². The molecule has 0 amide bonds. The quantitative estimate of drug-likeness (QED) is 0.756. The number of hydrogen-bond donors (Lipinski definition) is 0. The van der Waals surface area contributed by atoms with Crippen molar-refractivity contribution in [2.75, 3.05) is 0 Å². The minimum absolute atomic E-state index is 0.0323. The summed E-state index contributed by atoms with van der Waals surface area (Å²) >= 11 is 6.76. The van der Waals surface area contributed by atoms with Crippen molar-refractivity contribution in [1.29, 1.82) is 0 Å². The SMILES string of the molecule is BrC(Br)n1ncc2cnccc21. The monoisotopic (exact) mass is 289 g/mol. The topological polar surface area (TPSA) is 30.7 Å². The lowest BCUT2D eigenvalue weighted by Gasteiger charge is -2.02. The van der Waals surface area contributed by atoms with Crippen molar-refractivity contribution in [1.82, 2.24) is 14.8 Å². The van der Waals surface area contributed by atoms with Gasteiger partial charge in [-0.25, -0.2) is 4.68 Å². The first-order valence-electron chi connectivity index (χ1n) is 3.34. The molecule has 62 valence electrons. The fourth-order valence-electron chi connectivity index (χ4n) is 1.05. The summed E-state index contributed by atoms with van der Waals surface area (Å²) in [6.45, 7) is 0. The highest BCUT2D eigenvalue weighted by molar-refractivity contribution is 9.24. The van der Waals surface area contributed by atoms with Gasteiger partial charge in [0.2, 0.25) is 0 Å². The maximum atomic E-state index is 4.18. The van der Waals surface area contributed by atoms with Crippen LogP contribution < -0.4 is 0 Å². The molecule has 2 rings (SSSR count). The summed E-state index contributed by atoms with van der Waals surface area (Å²) in [6, 6.07) is 1.93. The van der Waals surface area contributed by atoms with Crippen LogP contribution in [-0.4, -0.2) is 14.8 Å². The third-order valence-electron chi connectivity index (χ3n) is 1.58. The first-order chi connectivity index (χ1) is 5.79. The first kappa shape index (κ1) is 8.19. The average molecular weight is 291 g/mol. The molecule has 2 heterocycles. The Bertz CT molecular complexity index is 396. The third kappa shape index (κ3) is 1.27. The van der Waals surface area contributed by atoms with Crippen LogP contribution in [-0.2, 0) is 0 Å². The molecule has 0 aromatic carbocycles. The Morgan fingerprint density at radius 3 is 2.92 bits per heavy atom. The Morgan fingerprint density at radius 2 is 2.17 bits per heavy atom. The lowest BCUT2D eigenvalue weighted by atomic mass is 10.3. The molecule has 5 heteroatoms. The van der Waals surface area contributed by atoms with Crippen LogP contribution >= 0.6 is 31.9 Å². The number of alkyl halides is 2. The molecule has 0 saturated heterocycles. The van der Waals surface area contributed by atoms with E-state index in [1.807, 2.05) is 10.7 Å². The van der Waals surface area contributed by atoms with Gasteiger partial charge in [-0.3, -0.25) is 4.98 Å². The van der Waals surface area contributed by atoms with Crippen molar-refractivity contribution in [2.24, 2.45) is 0 Å². The predicted molar refractivity (Wildman–Crippen MR) is 54.4 cm³/mol. The number of rotatable bonds is 1. The van der Waals surface area contributed by atoms with Crippen molar-refractivity contribution in [3.63, 3.8) is 0 Å². The average Bonchev–Trinajstić information content (AvgIpc) is 2.47. The Balaban J connectivity index is 2.70. The molecule has 0 aliphatic carbocycles. The highest BCUT2D eigenvalue weighted by atomic mass is 79.9. The normalized spacial score (nSPS) is 11.2. The molecule has 3 nitrogen and oxygen atoms in total. The fraction of sp³-hybridized carbons (Fsp3) is 0.143. The van der Waals surface area contributed by atoms with Crippen LogP contribution in [0.5, 0.6) is 0 Å². The van der Waals surface area contributed by atoms with Gasteiger partial charge in [0.1, 0.15) is 0 Å². The minimum Gasteiger partial charge on any atom is -0.264 e. The molecule has 0 aliphatic heterocycles. The molecule has 0 atom stereocenters. The van der Waals surface area contributed by atoms with E-state index in [1.54, 1.807) is 18.6 Å². The Labute approximate surface area is 86.0 Å². The lowest BCUT2D eigenvalue weighted by molar-refractivity contribution is 0.782. The van der Waals surface area contributed by atoms with Crippen molar-refractivity contribution >= 4 is 42.8 Å². The van der Waals surface area contributed by atoms with E-state index >= 15 is 0 Å². The largest absolute Gasteiger partial charge is 0.264 e. The molecule has 0 saturated carbocycles. The molecule has 0 aliphatic rings. The second kappa shape index (κ2) is 3.14. The highest BCUT2D eigenvalue weighted by Crippen LogP contribution is 2.25. The molecule has 2 aromatic heterocycles. The van der Waals surface area contributed by atoms with Crippen LogP contribution in [0.25, 0.3) is 10.9 Å². The maximum Gasteiger partial charge on any atom is 0.161 e. The maximum absolute atomic E-state index is 4.18. The molecule has 0 fully saturated rings. The molecule has 0 radical (unpaired) electrons. The molecular formula is C7H5Br2N3. The van der Waals surface area contributed by atoms with Crippen LogP contribution in [0.2, 0.25) is 0 Å². The van der Waals surface area contributed by atoms with E-state index in [0.717, 1.165) is 10.9 Å². The van der Waals surface area contributed by atoms with E-state index in [2.05, 4.69) is 41.9 Å². The van der Waals surface area contributed by atoms with Crippen LogP contribution in [0.4, 0.5) is 0 Å². The van der Waals surface area contributed by atoms with Gasteiger partial charge in [0.25, 0.3) is 0 Å². The van der Waals surface area contributed by atoms with E-state index in [1.165, 1.54) is 0 Å². The summed E-state index contributed by atoms with van der Waals surface area (Å²) in [5, 5.41) is 5.22. The van der Waals surface area contributed by atoms with Gasteiger partial charge in [-0.1, -0.05) is 31.9 Å². The highest BCUT2D eigenvalue weighted by Gasteiger charge is 2.06. The lowest BCUT2D eigenvalue weighted by Crippen LogP contribution is -1.95. The van der Waals surface area contributed by atoms with E-state index in [9.17, 15) is 0 Å². The first-order valence-corrected chi connectivity index (χ1v) is 5.17. The molecule has 0 N–H and O–H groups in total. The van der Waals surface area contributed by atoms with Gasteiger partial charge in [0, 0.05) is 17.8 Å². The number of halogens is 2. The van der Waals surface area contributed by atoms with Crippen LogP contribution in [0.1, 0.15) is 3.86 Å². The number of nitrogens with zero attached hydrogens (tertiary/aromatic N) is 3. The fourth-order valence-corrected chi connectivity index (χ4v) is 1.70. The van der Waals surface area contributed by atoms with Gasteiger partial charge in [-0.2, -0.15) is 5.10 Å². The third-order valence-corrected chi connectivity index (χ3v) is 2.36. The predicted octanol–water partition coefficient (Wildman–Crippen LogP) is 2.68. The zero-order valence-corrected chi connectivity index (χ0v) is 9.16. The van der Waals surface area contributed by atoms with Crippen molar-refractivity contribution in [3.8, 4) is 0 Å². The summed E-state index contributed by atoms with van der Waals surface area (Å²) in [4.78, 5) is 4.00. The molecule has 0 unspecified atom stereocenters. The van der Waals surface area contributed by atoms with Gasteiger partial charge in [0.05, 0.1) is 11.7 Å². The smallest absolute Gasteiger partial charge is 0.161 e. The number of fused-ring (bicyclic) bond motifs is 1. The van der Waals surface area contributed by atoms with Crippen molar-refractivity contribution in [2.45, 2.75) is 3.86 Å². The molecule has 0 spiro atoms. The van der Waals surface area contributed by atoms with Gasteiger partial charge in [0.15, 0.2) is 3.86 Å². The summed E-state index contributed by atoms with van der Waals surface area (Å²) in [7, 11) is 0. The zero-order chi connectivity index (χ0) is 8.55. The molecule has 2 aromatic rings. The Morgan fingerprint density at radius 1 is 1.33 bits per heavy atom. The Hall–Kier alpha value is -0.420. The van der Waals surface area contributed by atoms with E-state index < -0.39 is 0 Å². The van der Waals surface area contributed by atoms with E-state index in [-0.39, 0.29) is 3.86 Å². The summed E-state index contributed by atoms with van der Waals surface area (Å²) in [5.41, 5.74) is 1.06. The van der Waals surface area contributed by atoms with Crippen molar-refractivity contribution < 1.29 is 0 Å². The summed E-state index contributed by atoms with van der Waals surface area (Å²) in [5.74, 6) is 0. The summed E-state index contributed by atoms with van der Waals surface area (Å²) in [6.07, 6.45) is 5.34. The molecule has 12 heavy (non-hydrogen) atoms. The number of aromatic nitrogens is 3. The minimum atomic E-state index is 0.0323. The zero-order valence-electron chi connectivity index (χ0n) is 5.98. The Kier molecular flexibility index (Phi) is 2.14.